The van der Waals surface area contributed by atoms with Crippen LogP contribution in [0.3, 0.4) is 0 Å². The van der Waals surface area contributed by atoms with Crippen molar-refractivity contribution < 1.29 is 29.6 Å². The third-order valence-corrected chi connectivity index (χ3v) is 8.13. The number of hydrogen-bond donors (Lipinski definition) is 3. The highest BCUT2D eigenvalue weighted by Crippen LogP contribution is 2.44. The van der Waals surface area contributed by atoms with Crippen LogP contribution in [-0.4, -0.2) is 108 Å². The molecule has 38 heavy (non-hydrogen) atoms. The first-order chi connectivity index (χ1) is 18.4. The first kappa shape index (κ1) is 27.2. The predicted octanol–water partition coefficient (Wildman–Crippen LogP) is 2.06. The number of rotatable bonds is 8. The van der Waals surface area contributed by atoms with Gasteiger partial charge in [0, 0.05) is 63.4 Å². The van der Waals surface area contributed by atoms with Crippen molar-refractivity contribution in [2.24, 2.45) is 0 Å². The van der Waals surface area contributed by atoms with Gasteiger partial charge in [0.15, 0.2) is 0 Å². The number of hydrogen-bond acceptors (Lipinski definition) is 8. The van der Waals surface area contributed by atoms with Gasteiger partial charge < -0.3 is 34.6 Å². The summed E-state index contributed by atoms with van der Waals surface area (Å²) in [5.41, 5.74) is 2.46. The molecule has 2 aromatic carbocycles. The van der Waals surface area contributed by atoms with E-state index in [9.17, 15) is 15.0 Å². The standard InChI is InChI=1S/C28H36ClN3O6/c29-21-1-4-25-20(15-21)18-38-28(25)5-7-31(8-6-28)17-23(35)19-37-26-16-22(34)2-3-24(26)27(36)32-11-9-30(10-12-32)13-14-33/h1-4,15-16,23,33-35H,5-14,17-19H2/t23-/m0/s1. The maximum Gasteiger partial charge on any atom is 0.257 e. The quantitative estimate of drug-likeness (QED) is 0.463. The molecule has 3 aliphatic rings. The lowest BCUT2D eigenvalue weighted by atomic mass is 9.84. The Balaban J connectivity index is 1.14. The number of aliphatic hydroxyl groups excluding tert-OH is 2. The number of piperidine rings is 1. The molecule has 2 fully saturated rings. The average molecular weight is 546 g/mol. The number of carbonyl (C=O) groups is 1. The first-order valence-electron chi connectivity index (χ1n) is 13.3. The zero-order valence-electron chi connectivity index (χ0n) is 21.5. The molecule has 2 saturated heterocycles. The highest BCUT2D eigenvalue weighted by Gasteiger charge is 2.42. The van der Waals surface area contributed by atoms with Gasteiger partial charge in [-0.3, -0.25) is 9.69 Å². The van der Waals surface area contributed by atoms with Crippen molar-refractivity contribution in [3.8, 4) is 11.5 Å². The molecule has 3 heterocycles. The molecular formula is C28H36ClN3O6. The van der Waals surface area contributed by atoms with Crippen LogP contribution in [0.2, 0.25) is 5.02 Å². The van der Waals surface area contributed by atoms with Crippen molar-refractivity contribution in [3.05, 3.63) is 58.1 Å². The fourth-order valence-corrected chi connectivity index (χ4v) is 5.96. The molecule has 9 nitrogen and oxygen atoms in total. The molecule has 0 aromatic heterocycles. The second-order valence-corrected chi connectivity index (χ2v) is 10.8. The van der Waals surface area contributed by atoms with Crippen molar-refractivity contribution in [2.75, 3.05) is 65.6 Å². The summed E-state index contributed by atoms with van der Waals surface area (Å²) < 4.78 is 12.1. The smallest absolute Gasteiger partial charge is 0.257 e. The number of carbonyl (C=O) groups excluding carboxylic acids is 1. The van der Waals surface area contributed by atoms with E-state index in [4.69, 9.17) is 26.2 Å². The van der Waals surface area contributed by atoms with E-state index in [0.717, 1.165) is 36.5 Å². The van der Waals surface area contributed by atoms with Gasteiger partial charge in [-0.05, 0) is 48.2 Å². The Morgan fingerprint density at radius 2 is 1.82 bits per heavy atom. The van der Waals surface area contributed by atoms with E-state index in [0.29, 0.717) is 51.4 Å². The SMILES string of the molecule is O=C(c1ccc(O)cc1OC[C@@H](O)CN1CCC2(CC1)OCc1cc(Cl)ccc12)N1CCN(CCO)CC1. The van der Waals surface area contributed by atoms with Gasteiger partial charge in [-0.2, -0.15) is 0 Å². The lowest BCUT2D eigenvalue weighted by Gasteiger charge is -2.39. The third-order valence-electron chi connectivity index (χ3n) is 7.90. The van der Waals surface area contributed by atoms with E-state index in [1.165, 1.54) is 17.7 Å². The summed E-state index contributed by atoms with van der Waals surface area (Å²) in [6.45, 7) is 5.80. The maximum absolute atomic E-state index is 13.2. The lowest BCUT2D eigenvalue weighted by Crippen LogP contribution is -2.49. The van der Waals surface area contributed by atoms with Crippen molar-refractivity contribution in [1.29, 1.82) is 0 Å². The average Bonchev–Trinajstić information content (AvgIpc) is 3.26. The molecule has 3 N–H and O–H groups in total. The summed E-state index contributed by atoms with van der Waals surface area (Å²) >= 11 is 6.15. The molecule has 0 aliphatic carbocycles. The number of likely N-dealkylation sites (tertiary alicyclic amines) is 1. The van der Waals surface area contributed by atoms with Crippen molar-refractivity contribution in [2.45, 2.75) is 31.2 Å². The number of aromatic hydroxyl groups is 1. The Morgan fingerprint density at radius 3 is 2.55 bits per heavy atom. The Hall–Kier alpha value is -2.40. The predicted molar refractivity (Wildman–Crippen MR) is 143 cm³/mol. The Bertz CT molecular complexity index is 1130. The van der Waals surface area contributed by atoms with E-state index in [1.54, 1.807) is 11.0 Å². The third kappa shape index (κ3) is 5.93. The van der Waals surface area contributed by atoms with E-state index in [2.05, 4.69) is 15.9 Å². The van der Waals surface area contributed by atoms with E-state index in [1.807, 2.05) is 12.1 Å². The summed E-state index contributed by atoms with van der Waals surface area (Å²) in [5.74, 6) is 0.0925. The second kappa shape index (κ2) is 11.8. The summed E-state index contributed by atoms with van der Waals surface area (Å²) in [7, 11) is 0. The fraction of sp³-hybridized carbons (Fsp3) is 0.536. The van der Waals surface area contributed by atoms with Crippen LogP contribution in [0.25, 0.3) is 0 Å². The summed E-state index contributed by atoms with van der Waals surface area (Å²) in [6.07, 6.45) is 0.921. The Morgan fingerprint density at radius 1 is 1.05 bits per heavy atom. The molecule has 2 aromatic rings. The minimum absolute atomic E-state index is 0.00161. The second-order valence-electron chi connectivity index (χ2n) is 10.4. The Labute approximate surface area is 228 Å². The summed E-state index contributed by atoms with van der Waals surface area (Å²) in [6, 6.07) is 10.4. The zero-order chi connectivity index (χ0) is 26.7. The summed E-state index contributed by atoms with van der Waals surface area (Å²) in [4.78, 5) is 19.3. The van der Waals surface area contributed by atoms with Gasteiger partial charge >= 0.3 is 0 Å². The number of nitrogens with zero attached hydrogens (tertiary/aromatic N) is 3. The Kier molecular flexibility index (Phi) is 8.42. The lowest BCUT2D eigenvalue weighted by molar-refractivity contribution is -0.0835. The molecule has 1 spiro atoms. The van der Waals surface area contributed by atoms with Crippen LogP contribution in [-0.2, 0) is 16.9 Å². The minimum atomic E-state index is -0.757. The number of β-amino-alcohol motifs (C(OH)–C–C–N with tert-alkyl or cyclic N) is 2. The maximum atomic E-state index is 13.2. The number of aliphatic hydroxyl groups is 2. The molecule has 206 valence electrons. The molecule has 3 aliphatic heterocycles. The van der Waals surface area contributed by atoms with Gasteiger partial charge in [0.1, 0.15) is 24.2 Å². The minimum Gasteiger partial charge on any atom is -0.508 e. The van der Waals surface area contributed by atoms with Crippen LogP contribution in [0.5, 0.6) is 11.5 Å². The number of phenols is 1. The van der Waals surface area contributed by atoms with Gasteiger partial charge in [-0.1, -0.05) is 17.7 Å². The molecule has 5 rings (SSSR count). The number of phenolic OH excluding ortho intramolecular Hbond substituents is 1. The monoisotopic (exact) mass is 545 g/mol. The molecule has 1 atom stereocenters. The van der Waals surface area contributed by atoms with Crippen LogP contribution >= 0.6 is 11.6 Å². The first-order valence-corrected chi connectivity index (χ1v) is 13.7. The van der Waals surface area contributed by atoms with Gasteiger partial charge in [0.25, 0.3) is 5.91 Å². The summed E-state index contributed by atoms with van der Waals surface area (Å²) in [5, 5.41) is 30.6. The van der Waals surface area contributed by atoms with Gasteiger partial charge in [0.05, 0.1) is 24.4 Å². The number of benzene rings is 2. The van der Waals surface area contributed by atoms with Gasteiger partial charge in [-0.25, -0.2) is 0 Å². The van der Waals surface area contributed by atoms with Crippen molar-refractivity contribution in [1.82, 2.24) is 14.7 Å². The highest BCUT2D eigenvalue weighted by atomic mass is 35.5. The van der Waals surface area contributed by atoms with Crippen molar-refractivity contribution in [3.63, 3.8) is 0 Å². The molecule has 0 bridgehead atoms. The molecule has 10 heteroatoms. The van der Waals surface area contributed by atoms with Crippen LogP contribution in [0, 0.1) is 0 Å². The molecular weight excluding hydrogens is 510 g/mol. The van der Waals surface area contributed by atoms with Crippen LogP contribution in [0.1, 0.15) is 34.3 Å². The number of amides is 1. The van der Waals surface area contributed by atoms with Crippen LogP contribution in [0.4, 0.5) is 0 Å². The van der Waals surface area contributed by atoms with Gasteiger partial charge in [0.2, 0.25) is 0 Å². The van der Waals surface area contributed by atoms with E-state index < -0.39 is 6.10 Å². The largest absolute Gasteiger partial charge is 0.508 e. The molecule has 1 amide bonds. The van der Waals surface area contributed by atoms with Crippen LogP contribution in [0.15, 0.2) is 36.4 Å². The number of halogens is 1. The van der Waals surface area contributed by atoms with Crippen LogP contribution < -0.4 is 4.74 Å². The van der Waals surface area contributed by atoms with Gasteiger partial charge in [-0.15, -0.1) is 0 Å². The van der Waals surface area contributed by atoms with E-state index >= 15 is 0 Å². The molecule has 0 saturated carbocycles. The number of fused-ring (bicyclic) bond motifs is 2. The highest BCUT2D eigenvalue weighted by molar-refractivity contribution is 6.30. The molecule has 0 radical (unpaired) electrons. The normalized spacial score (nSPS) is 20.4. The fourth-order valence-electron chi connectivity index (χ4n) is 5.76. The van der Waals surface area contributed by atoms with Crippen molar-refractivity contribution >= 4 is 17.5 Å². The number of ether oxygens (including phenoxy) is 2. The topological polar surface area (TPSA) is 106 Å². The van der Waals surface area contributed by atoms with E-state index in [-0.39, 0.29) is 36.2 Å². The zero-order valence-corrected chi connectivity index (χ0v) is 22.3. The number of piperazine rings is 1. The molecule has 0 unspecified atom stereocenters.